The number of rotatable bonds is 12. The van der Waals surface area contributed by atoms with E-state index in [1.54, 1.807) is 4.90 Å². The summed E-state index contributed by atoms with van der Waals surface area (Å²) in [6.45, 7) is 3.19. The molecule has 0 unspecified atom stereocenters. The van der Waals surface area contributed by atoms with Gasteiger partial charge in [-0.1, -0.05) is 16.8 Å². The third-order valence-electron chi connectivity index (χ3n) is 9.73. The summed E-state index contributed by atoms with van der Waals surface area (Å²) in [5, 5.41) is 55.9. The van der Waals surface area contributed by atoms with Crippen molar-refractivity contribution in [1.29, 1.82) is 0 Å². The van der Waals surface area contributed by atoms with E-state index in [0.717, 1.165) is 65.6 Å². The minimum Gasteiger partial charge on any atom is -0.548 e. The number of benzene rings is 1. The Balaban J connectivity index is 1.06. The van der Waals surface area contributed by atoms with Crippen LogP contribution >= 0.6 is 34.7 Å². The summed E-state index contributed by atoms with van der Waals surface area (Å²) in [4.78, 5) is 62.9. The summed E-state index contributed by atoms with van der Waals surface area (Å²) in [5.41, 5.74) is 6.63. The zero-order chi connectivity index (χ0) is 36.7. The van der Waals surface area contributed by atoms with E-state index in [2.05, 4.69) is 41.4 Å². The molecule has 274 valence electrons. The van der Waals surface area contributed by atoms with Gasteiger partial charge in [0, 0.05) is 16.7 Å². The van der Waals surface area contributed by atoms with Crippen LogP contribution in [0.25, 0.3) is 5.70 Å². The number of carbonyl (C=O) groups excluding carboxylic acids is 4. The number of thiazole rings is 1. The molecule has 2 bridgehead atoms. The number of nitrogens with one attached hydrogen (secondary N) is 2. The SMILES string of the molecule is Nc1nc(/C(=N/OC[C@H](NC(=O)c2ccc(O)c(O)c2Cl)C(=O)[O-])C(=O)N[C@@H]2C(=O)N3C(c4nnn[n-]4)=C(C[N+]45CCC(CC4)CC5)CS[C@H]23)cs1. The number of amides is 3. The number of hydrogen-bond acceptors (Lipinski definition) is 16. The topological polar surface area (TPSA) is 272 Å². The average molecular weight is 773 g/mol. The Morgan fingerprint density at radius 3 is 2.63 bits per heavy atom. The number of nitrogen functional groups attached to an aromatic ring is 1. The number of aromatic hydroxyl groups is 2. The van der Waals surface area contributed by atoms with Crippen molar-refractivity contribution in [2.24, 2.45) is 11.1 Å². The number of thioether (sulfide) groups is 1. The molecule has 5 aliphatic rings. The van der Waals surface area contributed by atoms with Crippen LogP contribution in [0.5, 0.6) is 11.5 Å². The van der Waals surface area contributed by atoms with Crippen LogP contribution < -0.4 is 26.6 Å². The van der Waals surface area contributed by atoms with Crippen LogP contribution in [0.4, 0.5) is 5.13 Å². The molecule has 3 atom stereocenters. The van der Waals surface area contributed by atoms with Crippen molar-refractivity contribution < 1.29 is 43.8 Å². The van der Waals surface area contributed by atoms with Gasteiger partial charge in [0.15, 0.2) is 22.3 Å². The van der Waals surface area contributed by atoms with Crippen LogP contribution in [0.1, 0.15) is 41.1 Å². The van der Waals surface area contributed by atoms with Crippen molar-refractivity contribution >= 4 is 74.9 Å². The number of carboxylic acid groups (broad SMARTS) is 1. The van der Waals surface area contributed by atoms with E-state index in [0.29, 0.717) is 11.4 Å². The Kier molecular flexibility index (Phi) is 9.67. The number of β-lactam (4-membered cyclic amide) rings is 1. The molecule has 0 radical (unpaired) electrons. The third-order valence-corrected chi connectivity index (χ3v) is 12.1. The Hall–Kier alpha value is -4.99. The summed E-state index contributed by atoms with van der Waals surface area (Å²) in [6.07, 6.45) is 3.56. The number of nitrogens with two attached hydrogens (primary N) is 1. The van der Waals surface area contributed by atoms with Crippen molar-refractivity contribution in [2.75, 3.05) is 44.3 Å². The van der Waals surface area contributed by atoms with Crippen molar-refractivity contribution in [2.45, 2.75) is 36.7 Å². The Bertz CT molecular complexity index is 1970. The van der Waals surface area contributed by atoms with Crippen molar-refractivity contribution in [3.8, 4) is 11.5 Å². The van der Waals surface area contributed by atoms with Crippen molar-refractivity contribution in [1.82, 2.24) is 41.1 Å². The minimum absolute atomic E-state index is 0.00950. The minimum atomic E-state index is -1.81. The summed E-state index contributed by atoms with van der Waals surface area (Å²) < 4.78 is 0.956. The number of phenols is 2. The fraction of sp³-hybridized carbons (Fsp3) is 0.433. The first-order valence-electron chi connectivity index (χ1n) is 16.1. The number of piperidine rings is 3. The number of carboxylic acids is 1. The molecular weight excluding hydrogens is 742 g/mol. The molecule has 4 saturated heterocycles. The van der Waals surface area contributed by atoms with Gasteiger partial charge in [0.05, 0.1) is 47.7 Å². The maximum absolute atomic E-state index is 13.8. The number of anilines is 1. The van der Waals surface area contributed by atoms with Gasteiger partial charge in [0.2, 0.25) is 0 Å². The number of fused-ring (bicyclic) bond motifs is 4. The molecule has 8 rings (SSSR count). The highest BCUT2D eigenvalue weighted by Gasteiger charge is 2.54. The van der Waals surface area contributed by atoms with Crippen molar-refractivity contribution in [3.63, 3.8) is 0 Å². The van der Waals surface area contributed by atoms with Crippen molar-refractivity contribution in [3.05, 3.63) is 45.2 Å². The Morgan fingerprint density at radius 1 is 1.23 bits per heavy atom. The van der Waals surface area contributed by atoms with Crippen LogP contribution in [0, 0.1) is 5.92 Å². The first-order valence-corrected chi connectivity index (χ1v) is 18.4. The van der Waals surface area contributed by atoms with Gasteiger partial charge >= 0.3 is 0 Å². The number of aromatic nitrogens is 5. The monoisotopic (exact) mass is 772 g/mol. The molecule has 1 aromatic carbocycles. The molecule has 22 heteroatoms. The van der Waals surface area contributed by atoms with E-state index >= 15 is 0 Å². The van der Waals surface area contributed by atoms with Gasteiger partial charge in [-0.25, -0.2) is 4.98 Å². The number of phenolic OH excluding ortho intramolecular Hbond substituents is 2. The standard InChI is InChI=1S/C30H32ClN11O8S2/c31-19-15(1-2-18(43)23(19)44)25(45)33-16(29(48)49)10-50-38-20(17-12-52-30(32)34-17)26(46)35-21-27(47)41-22(24-36-39-40-37-24)14(11-51-28(21)41)9-42-6-3-13(4-7-42)5-8-42/h1-2,12-13,16,21,28H,3-11H2,(H7-,32,33,34,35,36,37,38,39,40,43,44,45,46,48,49)/p-1/t13?,16-,21+,28+,42?/m0/s1. The van der Waals surface area contributed by atoms with Gasteiger partial charge in [-0.15, -0.1) is 23.1 Å². The van der Waals surface area contributed by atoms with E-state index in [1.807, 2.05) is 0 Å². The highest BCUT2D eigenvalue weighted by Crippen LogP contribution is 2.45. The zero-order valence-electron chi connectivity index (χ0n) is 27.1. The lowest BCUT2D eigenvalue weighted by molar-refractivity contribution is -0.938. The molecule has 5 aliphatic heterocycles. The molecule has 0 aliphatic carbocycles. The van der Waals surface area contributed by atoms with Gasteiger partial charge in [-0.3, -0.25) is 29.6 Å². The number of quaternary nitrogens is 1. The number of tetrazole rings is 1. The molecule has 7 heterocycles. The smallest absolute Gasteiger partial charge is 0.276 e. The van der Waals surface area contributed by atoms with Gasteiger partial charge in [0.25, 0.3) is 17.7 Å². The predicted octanol–water partition coefficient (Wildman–Crippen LogP) is -1.36. The summed E-state index contributed by atoms with van der Waals surface area (Å²) in [6, 6.07) is -0.727. The second-order valence-corrected chi connectivity index (χ2v) is 15.2. The first kappa shape index (κ1) is 35.4. The summed E-state index contributed by atoms with van der Waals surface area (Å²) >= 11 is 8.43. The summed E-state index contributed by atoms with van der Waals surface area (Å²) in [5.74, 6) is -3.82. The fourth-order valence-corrected chi connectivity index (χ4v) is 9.09. The number of oxime groups is 1. The molecular formula is C30H31ClN11O8S2-. The zero-order valence-corrected chi connectivity index (χ0v) is 29.5. The van der Waals surface area contributed by atoms with Crippen LogP contribution in [0.15, 0.2) is 28.2 Å². The van der Waals surface area contributed by atoms with Crippen LogP contribution in [0.3, 0.4) is 0 Å². The molecule has 52 heavy (non-hydrogen) atoms. The molecule has 4 fully saturated rings. The second-order valence-electron chi connectivity index (χ2n) is 12.9. The van der Waals surface area contributed by atoms with Gasteiger partial charge in [-0.2, -0.15) is 5.21 Å². The molecule has 3 amide bonds. The van der Waals surface area contributed by atoms with E-state index in [9.17, 15) is 34.5 Å². The van der Waals surface area contributed by atoms with Crippen LogP contribution in [0.2, 0.25) is 5.02 Å². The number of nitrogens with zero attached hydrogens (tertiary/aromatic N) is 8. The fourth-order valence-electron chi connectivity index (χ4n) is 6.96. The number of halogens is 1. The van der Waals surface area contributed by atoms with E-state index in [-0.39, 0.29) is 22.2 Å². The quantitative estimate of drug-likeness (QED) is 0.0468. The van der Waals surface area contributed by atoms with E-state index in [1.165, 1.54) is 36.4 Å². The largest absolute Gasteiger partial charge is 0.548 e. The maximum atomic E-state index is 13.8. The molecule has 0 saturated carbocycles. The maximum Gasteiger partial charge on any atom is 0.276 e. The molecule has 6 N–H and O–H groups in total. The third kappa shape index (κ3) is 6.71. The number of aliphatic carboxylic acids is 1. The summed E-state index contributed by atoms with van der Waals surface area (Å²) in [7, 11) is 0. The Labute approximate surface area is 307 Å². The lowest BCUT2D eigenvalue weighted by Crippen LogP contribution is -2.70. The first-order chi connectivity index (χ1) is 24.9. The second kappa shape index (κ2) is 14.2. The van der Waals surface area contributed by atoms with Crippen LogP contribution in [-0.2, 0) is 19.2 Å². The number of carbonyl (C=O) groups is 4. The van der Waals surface area contributed by atoms with E-state index in [4.69, 9.17) is 22.2 Å². The highest BCUT2D eigenvalue weighted by atomic mass is 35.5. The number of hydrogen-bond donors (Lipinski definition) is 5. The Morgan fingerprint density at radius 2 is 1.98 bits per heavy atom. The predicted molar refractivity (Wildman–Crippen MR) is 182 cm³/mol. The van der Waals surface area contributed by atoms with Gasteiger partial charge in [-0.05, 0) is 37.3 Å². The lowest BCUT2D eigenvalue weighted by Gasteiger charge is -2.53. The van der Waals surface area contributed by atoms with Gasteiger partial charge in [0.1, 0.15) is 36.3 Å². The molecule has 0 spiro atoms. The lowest BCUT2D eigenvalue weighted by atomic mass is 9.85. The van der Waals surface area contributed by atoms with E-state index < -0.39 is 70.0 Å². The molecule has 3 aromatic rings. The highest BCUT2D eigenvalue weighted by molar-refractivity contribution is 8.00. The average Bonchev–Trinajstić information content (AvgIpc) is 3.83. The molecule has 2 aromatic heterocycles. The molecule has 19 nitrogen and oxygen atoms in total. The normalized spacial score (nSPS) is 24.6. The van der Waals surface area contributed by atoms with Crippen LogP contribution in [-0.4, -0.2) is 126 Å². The van der Waals surface area contributed by atoms with Gasteiger partial charge < -0.3 is 50.9 Å².